The van der Waals surface area contributed by atoms with Crippen molar-refractivity contribution in [2.75, 3.05) is 13.1 Å². The number of amides is 1. The van der Waals surface area contributed by atoms with E-state index in [1.807, 2.05) is 13.8 Å². The highest BCUT2D eigenvalue weighted by molar-refractivity contribution is 5.82. The Kier molecular flexibility index (Phi) is 5.35. The van der Waals surface area contributed by atoms with E-state index in [0.717, 1.165) is 12.8 Å². The highest BCUT2D eigenvalue weighted by Crippen LogP contribution is 2.12. The highest BCUT2D eigenvalue weighted by Gasteiger charge is 2.24. The molecule has 3 heteroatoms. The predicted octanol–water partition coefficient (Wildman–Crippen LogP) is 1.89. The molecule has 3 nitrogen and oxygen atoms in total. The second kappa shape index (κ2) is 6.55. The number of carbonyl (C=O) groups is 1. The van der Waals surface area contributed by atoms with Gasteiger partial charge in [-0.1, -0.05) is 31.2 Å². The molecule has 0 aromatic heterocycles. The van der Waals surface area contributed by atoms with E-state index < -0.39 is 5.41 Å². The zero-order chi connectivity index (χ0) is 13.6. The first-order chi connectivity index (χ1) is 8.49. The molecule has 0 spiro atoms. The standard InChI is InChI=1S/C15H24N2O/c1-4-12-5-7-13(8-6-12)9-10-17-14(18)15(2,3)11-16/h5-8H,4,9-11,16H2,1-3H3,(H,17,18). The van der Waals surface area contributed by atoms with Crippen LogP contribution in [0.4, 0.5) is 0 Å². The molecule has 0 fully saturated rings. The van der Waals surface area contributed by atoms with Crippen molar-refractivity contribution in [1.82, 2.24) is 5.32 Å². The van der Waals surface area contributed by atoms with Crippen LogP contribution in [0.5, 0.6) is 0 Å². The van der Waals surface area contributed by atoms with E-state index in [0.29, 0.717) is 13.1 Å². The molecule has 0 heterocycles. The molecule has 1 aromatic rings. The average molecular weight is 248 g/mol. The highest BCUT2D eigenvalue weighted by atomic mass is 16.2. The Hall–Kier alpha value is -1.35. The fourth-order valence-electron chi connectivity index (χ4n) is 1.59. The maximum absolute atomic E-state index is 11.8. The molecule has 0 aliphatic rings. The summed E-state index contributed by atoms with van der Waals surface area (Å²) in [6.45, 7) is 6.89. The van der Waals surface area contributed by atoms with Gasteiger partial charge < -0.3 is 11.1 Å². The summed E-state index contributed by atoms with van der Waals surface area (Å²) in [5.41, 5.74) is 7.67. The van der Waals surface area contributed by atoms with Gasteiger partial charge in [0.1, 0.15) is 0 Å². The van der Waals surface area contributed by atoms with E-state index in [1.165, 1.54) is 11.1 Å². The van der Waals surface area contributed by atoms with Gasteiger partial charge in [-0.05, 0) is 37.8 Å². The van der Waals surface area contributed by atoms with Crippen molar-refractivity contribution < 1.29 is 4.79 Å². The van der Waals surface area contributed by atoms with Gasteiger partial charge in [0.15, 0.2) is 0 Å². The lowest BCUT2D eigenvalue weighted by atomic mass is 9.92. The fraction of sp³-hybridized carbons (Fsp3) is 0.533. The van der Waals surface area contributed by atoms with Crippen molar-refractivity contribution in [2.45, 2.75) is 33.6 Å². The van der Waals surface area contributed by atoms with Crippen LogP contribution in [-0.4, -0.2) is 19.0 Å². The Morgan fingerprint density at radius 1 is 1.22 bits per heavy atom. The van der Waals surface area contributed by atoms with Gasteiger partial charge >= 0.3 is 0 Å². The molecule has 0 aliphatic carbocycles. The van der Waals surface area contributed by atoms with Crippen molar-refractivity contribution in [3.05, 3.63) is 35.4 Å². The number of rotatable bonds is 6. The largest absolute Gasteiger partial charge is 0.355 e. The molecular formula is C15H24N2O. The zero-order valence-electron chi connectivity index (χ0n) is 11.6. The zero-order valence-corrected chi connectivity index (χ0v) is 11.6. The summed E-state index contributed by atoms with van der Waals surface area (Å²) in [6, 6.07) is 8.53. The monoisotopic (exact) mass is 248 g/mol. The number of carbonyl (C=O) groups excluding carboxylic acids is 1. The summed E-state index contributed by atoms with van der Waals surface area (Å²) in [7, 11) is 0. The van der Waals surface area contributed by atoms with E-state index >= 15 is 0 Å². The molecule has 1 amide bonds. The van der Waals surface area contributed by atoms with Gasteiger partial charge in [-0.3, -0.25) is 4.79 Å². The number of nitrogens with two attached hydrogens (primary N) is 1. The van der Waals surface area contributed by atoms with E-state index in [-0.39, 0.29) is 5.91 Å². The molecule has 1 aromatic carbocycles. The Balaban J connectivity index is 2.39. The maximum atomic E-state index is 11.8. The van der Waals surface area contributed by atoms with Gasteiger partial charge in [0, 0.05) is 13.1 Å². The van der Waals surface area contributed by atoms with Crippen molar-refractivity contribution in [3.63, 3.8) is 0 Å². The second-order valence-electron chi connectivity index (χ2n) is 5.26. The van der Waals surface area contributed by atoms with Gasteiger partial charge in [-0.2, -0.15) is 0 Å². The lowest BCUT2D eigenvalue weighted by Gasteiger charge is -2.21. The van der Waals surface area contributed by atoms with Gasteiger partial charge in [0.2, 0.25) is 5.91 Å². The van der Waals surface area contributed by atoms with Crippen molar-refractivity contribution in [3.8, 4) is 0 Å². The molecule has 1 rings (SSSR count). The van der Waals surface area contributed by atoms with Crippen LogP contribution in [0.1, 0.15) is 31.9 Å². The molecule has 0 unspecified atom stereocenters. The smallest absolute Gasteiger partial charge is 0.226 e. The van der Waals surface area contributed by atoms with Gasteiger partial charge in [-0.25, -0.2) is 0 Å². The average Bonchev–Trinajstić information content (AvgIpc) is 2.39. The van der Waals surface area contributed by atoms with Crippen LogP contribution in [-0.2, 0) is 17.6 Å². The quantitative estimate of drug-likeness (QED) is 0.808. The van der Waals surface area contributed by atoms with Crippen molar-refractivity contribution in [2.24, 2.45) is 11.1 Å². The molecule has 0 saturated carbocycles. The molecule has 0 atom stereocenters. The lowest BCUT2D eigenvalue weighted by molar-refractivity contribution is -0.128. The van der Waals surface area contributed by atoms with Crippen LogP contribution in [0.2, 0.25) is 0 Å². The van der Waals surface area contributed by atoms with Gasteiger partial charge in [0.25, 0.3) is 0 Å². The third kappa shape index (κ3) is 4.15. The van der Waals surface area contributed by atoms with Gasteiger partial charge in [-0.15, -0.1) is 0 Å². The number of aryl methyl sites for hydroxylation is 1. The summed E-state index contributed by atoms with van der Waals surface area (Å²) in [6.07, 6.45) is 1.91. The first kappa shape index (κ1) is 14.7. The topological polar surface area (TPSA) is 55.1 Å². The van der Waals surface area contributed by atoms with Crippen LogP contribution in [0, 0.1) is 5.41 Å². The molecule has 0 aliphatic heterocycles. The Morgan fingerprint density at radius 3 is 2.28 bits per heavy atom. The molecule has 3 N–H and O–H groups in total. The lowest BCUT2D eigenvalue weighted by Crippen LogP contribution is -2.42. The SMILES string of the molecule is CCc1ccc(CCNC(=O)C(C)(C)CN)cc1. The molecule has 18 heavy (non-hydrogen) atoms. The minimum Gasteiger partial charge on any atom is -0.355 e. The van der Waals surface area contributed by atoms with Crippen LogP contribution in [0.15, 0.2) is 24.3 Å². The Bertz CT molecular complexity index is 382. The predicted molar refractivity (Wildman–Crippen MR) is 75.4 cm³/mol. The van der Waals surface area contributed by atoms with E-state index in [1.54, 1.807) is 0 Å². The molecular weight excluding hydrogens is 224 g/mol. The second-order valence-corrected chi connectivity index (χ2v) is 5.26. The number of benzene rings is 1. The van der Waals surface area contributed by atoms with Crippen LogP contribution >= 0.6 is 0 Å². The molecule has 0 bridgehead atoms. The van der Waals surface area contributed by atoms with E-state index in [9.17, 15) is 4.79 Å². The first-order valence-electron chi connectivity index (χ1n) is 6.56. The summed E-state index contributed by atoms with van der Waals surface area (Å²) in [5, 5.41) is 2.93. The molecule has 100 valence electrons. The van der Waals surface area contributed by atoms with Gasteiger partial charge in [0.05, 0.1) is 5.41 Å². The molecule has 0 radical (unpaired) electrons. The normalized spacial score (nSPS) is 11.3. The minimum absolute atomic E-state index is 0.0233. The third-order valence-corrected chi connectivity index (χ3v) is 3.26. The first-order valence-corrected chi connectivity index (χ1v) is 6.56. The maximum Gasteiger partial charge on any atom is 0.226 e. The summed E-state index contributed by atoms with van der Waals surface area (Å²) in [4.78, 5) is 11.8. The van der Waals surface area contributed by atoms with Crippen molar-refractivity contribution >= 4 is 5.91 Å². The van der Waals surface area contributed by atoms with Crippen LogP contribution in [0.3, 0.4) is 0 Å². The van der Waals surface area contributed by atoms with Crippen LogP contribution in [0.25, 0.3) is 0 Å². The van der Waals surface area contributed by atoms with Crippen LogP contribution < -0.4 is 11.1 Å². The number of hydrogen-bond acceptors (Lipinski definition) is 2. The number of nitrogens with one attached hydrogen (secondary N) is 1. The van der Waals surface area contributed by atoms with E-state index in [2.05, 4.69) is 36.5 Å². The Labute approximate surface area is 110 Å². The van der Waals surface area contributed by atoms with Crippen molar-refractivity contribution in [1.29, 1.82) is 0 Å². The number of hydrogen-bond donors (Lipinski definition) is 2. The third-order valence-electron chi connectivity index (χ3n) is 3.26. The summed E-state index contributed by atoms with van der Waals surface area (Å²) in [5.74, 6) is 0.0233. The summed E-state index contributed by atoms with van der Waals surface area (Å²) < 4.78 is 0. The summed E-state index contributed by atoms with van der Waals surface area (Å²) >= 11 is 0. The molecule has 0 saturated heterocycles. The minimum atomic E-state index is -0.480. The fourth-order valence-corrected chi connectivity index (χ4v) is 1.59. The van der Waals surface area contributed by atoms with E-state index in [4.69, 9.17) is 5.73 Å². The Morgan fingerprint density at radius 2 is 1.78 bits per heavy atom.